The van der Waals surface area contributed by atoms with Gasteiger partial charge in [0.1, 0.15) is 16.5 Å². The zero-order chi connectivity index (χ0) is 17.5. The Morgan fingerprint density at radius 2 is 1.79 bits per heavy atom. The molecule has 0 bridgehead atoms. The molecule has 2 amide bonds. The third-order valence-electron chi connectivity index (χ3n) is 4.08. The second kappa shape index (κ2) is 6.41. The number of thioether (sulfide) groups is 1. The number of amides is 2. The number of nitrogens with zero attached hydrogens (tertiary/aromatic N) is 2. The van der Waals surface area contributed by atoms with Crippen LogP contribution in [0.3, 0.4) is 0 Å². The lowest BCUT2D eigenvalue weighted by molar-refractivity contribution is -0.126. The summed E-state index contributed by atoms with van der Waals surface area (Å²) in [6.07, 6.45) is 0.544. The summed E-state index contributed by atoms with van der Waals surface area (Å²) < 4.78 is 53.1. The first-order chi connectivity index (χ1) is 11.3. The van der Waals surface area contributed by atoms with Crippen molar-refractivity contribution in [1.82, 2.24) is 9.21 Å². The van der Waals surface area contributed by atoms with E-state index in [-0.39, 0.29) is 48.9 Å². The molecule has 0 aliphatic carbocycles. The predicted molar refractivity (Wildman–Crippen MR) is 82.8 cm³/mol. The van der Waals surface area contributed by atoms with E-state index in [2.05, 4.69) is 0 Å². The Balaban J connectivity index is 1.75. The van der Waals surface area contributed by atoms with Gasteiger partial charge in [0.05, 0.1) is 5.75 Å². The van der Waals surface area contributed by atoms with E-state index in [0.717, 1.165) is 28.2 Å². The van der Waals surface area contributed by atoms with Crippen LogP contribution in [-0.4, -0.2) is 53.7 Å². The molecule has 2 aliphatic rings. The average molecular weight is 376 g/mol. The molecular weight excluding hydrogens is 362 g/mol. The van der Waals surface area contributed by atoms with Gasteiger partial charge in [0, 0.05) is 19.1 Å². The van der Waals surface area contributed by atoms with Crippen LogP contribution >= 0.6 is 11.8 Å². The van der Waals surface area contributed by atoms with Crippen LogP contribution in [0, 0.1) is 11.6 Å². The molecule has 0 N–H and O–H groups in total. The molecule has 0 spiro atoms. The highest BCUT2D eigenvalue weighted by molar-refractivity contribution is 8.14. The van der Waals surface area contributed by atoms with E-state index < -0.39 is 26.6 Å². The van der Waals surface area contributed by atoms with Crippen LogP contribution in [0.25, 0.3) is 0 Å². The molecule has 6 nitrogen and oxygen atoms in total. The molecule has 2 saturated heterocycles. The van der Waals surface area contributed by atoms with E-state index in [1.165, 1.54) is 4.90 Å². The molecular formula is C14H14F2N2O4S2. The maximum absolute atomic E-state index is 13.8. The second-order valence-corrected chi connectivity index (χ2v) is 8.36. The van der Waals surface area contributed by atoms with E-state index in [9.17, 15) is 26.8 Å². The zero-order valence-corrected chi connectivity index (χ0v) is 14.1. The van der Waals surface area contributed by atoms with E-state index in [1.54, 1.807) is 0 Å². The number of piperidine rings is 1. The van der Waals surface area contributed by atoms with Crippen molar-refractivity contribution in [2.75, 3.05) is 18.8 Å². The molecule has 0 atom stereocenters. The summed E-state index contributed by atoms with van der Waals surface area (Å²) in [5.74, 6) is -2.02. The van der Waals surface area contributed by atoms with Crippen molar-refractivity contribution in [2.24, 2.45) is 0 Å². The molecule has 0 radical (unpaired) electrons. The number of rotatable bonds is 3. The van der Waals surface area contributed by atoms with Gasteiger partial charge in [-0.05, 0) is 31.0 Å². The van der Waals surface area contributed by atoms with Gasteiger partial charge in [0.2, 0.25) is 15.9 Å². The predicted octanol–water partition coefficient (Wildman–Crippen LogP) is 1.81. The van der Waals surface area contributed by atoms with Gasteiger partial charge in [0.15, 0.2) is 0 Å². The summed E-state index contributed by atoms with van der Waals surface area (Å²) in [6.45, 7) is 0.0648. The molecule has 0 unspecified atom stereocenters. The summed E-state index contributed by atoms with van der Waals surface area (Å²) in [5, 5.41) is -0.322. The van der Waals surface area contributed by atoms with Crippen molar-refractivity contribution >= 4 is 32.9 Å². The molecule has 1 aromatic rings. The van der Waals surface area contributed by atoms with Gasteiger partial charge in [0.25, 0.3) is 5.24 Å². The van der Waals surface area contributed by atoms with E-state index in [0.29, 0.717) is 6.07 Å². The maximum atomic E-state index is 13.8. The second-order valence-electron chi connectivity index (χ2n) is 5.53. The third-order valence-corrected chi connectivity index (χ3v) is 6.83. The Morgan fingerprint density at radius 3 is 2.38 bits per heavy atom. The number of imide groups is 1. The SMILES string of the molecule is O=C1CSC(=O)N1C1CCN(S(=O)(=O)c2cc(F)ccc2F)CC1. The van der Waals surface area contributed by atoms with Gasteiger partial charge in [-0.1, -0.05) is 11.8 Å². The Morgan fingerprint density at radius 1 is 1.12 bits per heavy atom. The smallest absolute Gasteiger partial charge is 0.273 e. The van der Waals surface area contributed by atoms with Crippen molar-refractivity contribution in [3.05, 3.63) is 29.8 Å². The molecule has 2 heterocycles. The molecule has 10 heteroatoms. The number of sulfonamides is 1. The first-order valence-corrected chi connectivity index (χ1v) is 9.67. The fourth-order valence-electron chi connectivity index (χ4n) is 2.87. The minimum Gasteiger partial charge on any atom is -0.273 e. The van der Waals surface area contributed by atoms with Crippen LogP contribution in [0.4, 0.5) is 13.6 Å². The minimum absolute atomic E-state index is 0.0324. The highest BCUT2D eigenvalue weighted by Gasteiger charge is 2.39. The first kappa shape index (κ1) is 17.3. The Kier molecular flexibility index (Phi) is 4.63. The largest absolute Gasteiger partial charge is 0.289 e. The molecule has 24 heavy (non-hydrogen) atoms. The molecule has 3 rings (SSSR count). The molecule has 2 fully saturated rings. The average Bonchev–Trinajstić information content (AvgIpc) is 2.88. The number of benzene rings is 1. The normalized spacial score (nSPS) is 20.8. The Hall–Kier alpha value is -1.52. The minimum atomic E-state index is -4.16. The maximum Gasteiger partial charge on any atom is 0.289 e. The van der Waals surface area contributed by atoms with Gasteiger partial charge in [-0.2, -0.15) is 4.31 Å². The summed E-state index contributed by atoms with van der Waals surface area (Å²) in [5.41, 5.74) is 0. The van der Waals surface area contributed by atoms with E-state index in [4.69, 9.17) is 0 Å². The van der Waals surface area contributed by atoms with Crippen molar-refractivity contribution < 1.29 is 26.8 Å². The van der Waals surface area contributed by atoms with Crippen LogP contribution < -0.4 is 0 Å². The lowest BCUT2D eigenvalue weighted by atomic mass is 10.1. The van der Waals surface area contributed by atoms with Crippen molar-refractivity contribution in [3.8, 4) is 0 Å². The van der Waals surface area contributed by atoms with Gasteiger partial charge in [-0.25, -0.2) is 17.2 Å². The Labute approximate surface area is 141 Å². The first-order valence-electron chi connectivity index (χ1n) is 7.24. The van der Waals surface area contributed by atoms with Gasteiger partial charge < -0.3 is 0 Å². The monoisotopic (exact) mass is 376 g/mol. The van der Waals surface area contributed by atoms with Gasteiger partial charge >= 0.3 is 0 Å². The van der Waals surface area contributed by atoms with E-state index >= 15 is 0 Å². The van der Waals surface area contributed by atoms with Crippen LogP contribution in [0.1, 0.15) is 12.8 Å². The number of hydrogen-bond acceptors (Lipinski definition) is 5. The third kappa shape index (κ3) is 3.05. The number of carbonyl (C=O) groups is 2. The van der Waals surface area contributed by atoms with Crippen molar-refractivity contribution in [1.29, 1.82) is 0 Å². The van der Waals surface area contributed by atoms with Gasteiger partial charge in [-0.15, -0.1) is 0 Å². The standard InChI is InChI=1S/C14H14F2N2O4S2/c15-9-1-2-11(16)12(7-9)24(21,22)17-5-3-10(4-6-17)18-13(19)8-23-14(18)20/h1-2,7,10H,3-6,8H2. The fourth-order valence-corrected chi connectivity index (χ4v) is 5.19. The highest BCUT2D eigenvalue weighted by atomic mass is 32.2. The Bertz CT molecular complexity index is 776. The molecule has 0 saturated carbocycles. The quantitative estimate of drug-likeness (QED) is 0.804. The zero-order valence-electron chi connectivity index (χ0n) is 12.4. The topological polar surface area (TPSA) is 74.8 Å². The van der Waals surface area contributed by atoms with E-state index in [1.807, 2.05) is 0 Å². The summed E-state index contributed by atoms with van der Waals surface area (Å²) >= 11 is 0.928. The van der Waals surface area contributed by atoms with Crippen LogP contribution in [0.2, 0.25) is 0 Å². The molecule has 2 aliphatic heterocycles. The summed E-state index contributed by atoms with van der Waals surface area (Å²) in [4.78, 5) is 23.9. The highest BCUT2D eigenvalue weighted by Crippen LogP contribution is 2.29. The number of halogens is 2. The van der Waals surface area contributed by atoms with Gasteiger partial charge in [-0.3, -0.25) is 14.5 Å². The number of hydrogen-bond donors (Lipinski definition) is 0. The molecule has 130 valence electrons. The van der Waals surface area contributed by atoms with Crippen LogP contribution in [0.5, 0.6) is 0 Å². The summed E-state index contributed by atoms with van der Waals surface area (Å²) in [6, 6.07) is 1.92. The fraction of sp³-hybridized carbons (Fsp3) is 0.429. The van der Waals surface area contributed by atoms with Crippen molar-refractivity contribution in [3.63, 3.8) is 0 Å². The summed E-state index contributed by atoms with van der Waals surface area (Å²) in [7, 11) is -4.16. The lowest BCUT2D eigenvalue weighted by Gasteiger charge is -2.34. The van der Waals surface area contributed by atoms with Crippen molar-refractivity contribution in [2.45, 2.75) is 23.8 Å². The van der Waals surface area contributed by atoms with Crippen LogP contribution in [0.15, 0.2) is 23.1 Å². The molecule has 1 aromatic carbocycles. The number of carbonyl (C=O) groups excluding carboxylic acids is 2. The van der Waals surface area contributed by atoms with Crippen LogP contribution in [-0.2, 0) is 14.8 Å². The lowest BCUT2D eigenvalue weighted by Crippen LogP contribution is -2.48. The molecule has 0 aromatic heterocycles.